The third kappa shape index (κ3) is 4.50. The Morgan fingerprint density at radius 2 is 1.64 bits per heavy atom. The molecule has 2 saturated heterocycles. The van der Waals surface area contributed by atoms with E-state index in [0.29, 0.717) is 19.7 Å². The van der Waals surface area contributed by atoms with Crippen LogP contribution in [0.3, 0.4) is 0 Å². The van der Waals surface area contributed by atoms with Gasteiger partial charge in [0.2, 0.25) is 0 Å². The van der Waals surface area contributed by atoms with E-state index in [0.717, 1.165) is 45.6 Å². The number of piperazine rings is 1. The van der Waals surface area contributed by atoms with Gasteiger partial charge in [-0.25, -0.2) is 9.59 Å². The highest BCUT2D eigenvalue weighted by Gasteiger charge is 2.27. The van der Waals surface area contributed by atoms with Crippen LogP contribution in [0.25, 0.3) is 0 Å². The van der Waals surface area contributed by atoms with Crippen LogP contribution in [0.5, 0.6) is 0 Å². The fourth-order valence-corrected chi connectivity index (χ4v) is 2.95. The monoisotopic (exact) mass is 312 g/mol. The number of likely N-dealkylation sites (N-methyl/N-ethyl adjacent to an activating group) is 1. The van der Waals surface area contributed by atoms with Gasteiger partial charge in [0, 0.05) is 45.3 Å². The van der Waals surface area contributed by atoms with Crippen LogP contribution in [-0.2, 0) is 4.74 Å². The third-order valence-electron chi connectivity index (χ3n) is 4.46. The number of likely N-dealkylation sites (tertiary alicyclic amines) is 1. The minimum Gasteiger partial charge on any atom is -0.450 e. The SMILES string of the molecule is CCOC(=O)N1CCC(NC(=O)N2CCN(CC)CC2)CC1. The number of urea groups is 1. The first-order chi connectivity index (χ1) is 10.6. The molecule has 7 nitrogen and oxygen atoms in total. The second kappa shape index (κ2) is 8.22. The van der Waals surface area contributed by atoms with Crippen molar-refractivity contribution in [2.45, 2.75) is 32.7 Å². The Bertz CT molecular complexity index is 375. The van der Waals surface area contributed by atoms with Gasteiger partial charge >= 0.3 is 12.1 Å². The van der Waals surface area contributed by atoms with Crippen molar-refractivity contribution in [3.63, 3.8) is 0 Å². The molecule has 0 aromatic heterocycles. The van der Waals surface area contributed by atoms with E-state index in [1.807, 2.05) is 11.8 Å². The minimum absolute atomic E-state index is 0.0327. The van der Waals surface area contributed by atoms with Crippen molar-refractivity contribution in [1.82, 2.24) is 20.0 Å². The Hall–Kier alpha value is -1.50. The largest absolute Gasteiger partial charge is 0.450 e. The quantitative estimate of drug-likeness (QED) is 0.843. The number of hydrogen-bond donors (Lipinski definition) is 1. The van der Waals surface area contributed by atoms with Crippen molar-refractivity contribution in [3.05, 3.63) is 0 Å². The molecule has 7 heteroatoms. The number of carbonyl (C=O) groups is 2. The standard InChI is InChI=1S/C15H28N4O3/c1-3-17-9-11-18(12-10-17)14(20)16-13-5-7-19(8-6-13)15(21)22-4-2/h13H,3-12H2,1-2H3,(H,16,20). The van der Waals surface area contributed by atoms with Crippen molar-refractivity contribution in [1.29, 1.82) is 0 Å². The van der Waals surface area contributed by atoms with Crippen LogP contribution in [0.15, 0.2) is 0 Å². The lowest BCUT2D eigenvalue weighted by Gasteiger charge is -2.36. The van der Waals surface area contributed by atoms with Crippen molar-refractivity contribution >= 4 is 12.1 Å². The zero-order chi connectivity index (χ0) is 15.9. The molecule has 1 N–H and O–H groups in total. The van der Waals surface area contributed by atoms with Gasteiger partial charge in [-0.3, -0.25) is 0 Å². The van der Waals surface area contributed by atoms with E-state index in [-0.39, 0.29) is 18.2 Å². The molecule has 0 spiro atoms. The second-order valence-corrected chi connectivity index (χ2v) is 5.83. The number of piperidine rings is 1. The molecule has 2 aliphatic rings. The molecule has 0 saturated carbocycles. The lowest BCUT2D eigenvalue weighted by molar-refractivity contribution is 0.0942. The Morgan fingerprint density at radius 1 is 1.00 bits per heavy atom. The highest BCUT2D eigenvalue weighted by Crippen LogP contribution is 2.12. The molecule has 0 atom stereocenters. The number of amides is 3. The molecular formula is C15H28N4O3. The highest BCUT2D eigenvalue weighted by molar-refractivity contribution is 5.74. The molecule has 0 unspecified atom stereocenters. The van der Waals surface area contributed by atoms with E-state index in [1.54, 1.807) is 4.90 Å². The van der Waals surface area contributed by atoms with E-state index in [1.165, 1.54) is 0 Å². The number of ether oxygens (including phenoxy) is 1. The average Bonchev–Trinajstić information content (AvgIpc) is 2.55. The summed E-state index contributed by atoms with van der Waals surface area (Å²) in [5.74, 6) is 0. The molecule has 2 fully saturated rings. The van der Waals surface area contributed by atoms with Gasteiger partial charge in [0.25, 0.3) is 0 Å². The normalized spacial score (nSPS) is 20.8. The first-order valence-electron chi connectivity index (χ1n) is 8.33. The predicted molar refractivity (Wildman–Crippen MR) is 83.8 cm³/mol. The summed E-state index contributed by atoms with van der Waals surface area (Å²) in [4.78, 5) is 29.9. The van der Waals surface area contributed by atoms with Gasteiger partial charge in [-0.05, 0) is 26.3 Å². The van der Waals surface area contributed by atoms with Crippen LogP contribution in [0.4, 0.5) is 9.59 Å². The Labute approximate surface area is 132 Å². The molecule has 0 radical (unpaired) electrons. The molecule has 0 aliphatic carbocycles. The minimum atomic E-state index is -0.247. The van der Waals surface area contributed by atoms with Gasteiger partial charge < -0.3 is 24.8 Å². The maximum absolute atomic E-state index is 12.3. The molecule has 22 heavy (non-hydrogen) atoms. The fourth-order valence-electron chi connectivity index (χ4n) is 2.95. The molecule has 2 aliphatic heterocycles. The number of hydrogen-bond acceptors (Lipinski definition) is 4. The van der Waals surface area contributed by atoms with Gasteiger partial charge in [0.1, 0.15) is 0 Å². The molecule has 126 valence electrons. The van der Waals surface area contributed by atoms with E-state index < -0.39 is 0 Å². The molecule has 0 bridgehead atoms. The topological polar surface area (TPSA) is 65.1 Å². The molecule has 0 aromatic carbocycles. The first kappa shape index (κ1) is 16.9. The molecule has 0 aromatic rings. The van der Waals surface area contributed by atoms with Gasteiger partial charge in [0.05, 0.1) is 6.61 Å². The Morgan fingerprint density at radius 3 is 2.18 bits per heavy atom. The van der Waals surface area contributed by atoms with Crippen LogP contribution < -0.4 is 5.32 Å². The van der Waals surface area contributed by atoms with Gasteiger partial charge in [-0.2, -0.15) is 0 Å². The maximum Gasteiger partial charge on any atom is 0.409 e. The van der Waals surface area contributed by atoms with E-state index in [2.05, 4.69) is 17.1 Å². The third-order valence-corrected chi connectivity index (χ3v) is 4.46. The van der Waals surface area contributed by atoms with Crippen LogP contribution in [0.1, 0.15) is 26.7 Å². The summed E-state index contributed by atoms with van der Waals surface area (Å²) >= 11 is 0. The van der Waals surface area contributed by atoms with Crippen molar-refractivity contribution in [3.8, 4) is 0 Å². The molecular weight excluding hydrogens is 284 g/mol. The molecule has 2 heterocycles. The van der Waals surface area contributed by atoms with Gasteiger partial charge in [-0.1, -0.05) is 6.92 Å². The Balaban J connectivity index is 1.69. The van der Waals surface area contributed by atoms with Gasteiger partial charge in [-0.15, -0.1) is 0 Å². The number of rotatable bonds is 3. The second-order valence-electron chi connectivity index (χ2n) is 5.83. The summed E-state index contributed by atoms with van der Waals surface area (Å²) in [5.41, 5.74) is 0. The zero-order valence-electron chi connectivity index (χ0n) is 13.7. The summed E-state index contributed by atoms with van der Waals surface area (Å²) in [7, 11) is 0. The summed E-state index contributed by atoms with van der Waals surface area (Å²) in [6, 6.07) is 0.188. The average molecular weight is 312 g/mol. The van der Waals surface area contributed by atoms with Crippen LogP contribution in [0, 0.1) is 0 Å². The Kier molecular flexibility index (Phi) is 6.30. The van der Waals surface area contributed by atoms with E-state index in [9.17, 15) is 9.59 Å². The predicted octanol–water partition coefficient (Wildman–Crippen LogP) is 0.954. The smallest absolute Gasteiger partial charge is 0.409 e. The van der Waals surface area contributed by atoms with Crippen molar-refractivity contribution in [2.24, 2.45) is 0 Å². The highest BCUT2D eigenvalue weighted by atomic mass is 16.6. The van der Waals surface area contributed by atoms with E-state index >= 15 is 0 Å². The molecule has 2 rings (SSSR count). The van der Waals surface area contributed by atoms with Gasteiger partial charge in [0.15, 0.2) is 0 Å². The van der Waals surface area contributed by atoms with Crippen LogP contribution in [-0.4, -0.2) is 85.3 Å². The van der Waals surface area contributed by atoms with Crippen molar-refractivity contribution in [2.75, 3.05) is 52.4 Å². The molecule has 3 amide bonds. The van der Waals surface area contributed by atoms with Crippen LogP contribution in [0.2, 0.25) is 0 Å². The van der Waals surface area contributed by atoms with Crippen LogP contribution >= 0.6 is 0 Å². The lowest BCUT2D eigenvalue weighted by atomic mass is 10.1. The number of nitrogens with one attached hydrogen (secondary N) is 1. The van der Waals surface area contributed by atoms with E-state index in [4.69, 9.17) is 4.74 Å². The number of carbonyl (C=O) groups excluding carboxylic acids is 2. The maximum atomic E-state index is 12.3. The fraction of sp³-hybridized carbons (Fsp3) is 0.867. The summed E-state index contributed by atoms with van der Waals surface area (Å²) < 4.78 is 5.00. The summed E-state index contributed by atoms with van der Waals surface area (Å²) in [6.07, 6.45) is 1.34. The lowest BCUT2D eigenvalue weighted by Crippen LogP contribution is -2.55. The first-order valence-corrected chi connectivity index (χ1v) is 8.33. The number of nitrogens with zero attached hydrogens (tertiary/aromatic N) is 3. The summed E-state index contributed by atoms with van der Waals surface area (Å²) in [5, 5.41) is 3.10. The van der Waals surface area contributed by atoms with Crippen molar-refractivity contribution < 1.29 is 14.3 Å². The summed E-state index contributed by atoms with van der Waals surface area (Å²) in [6.45, 7) is 10.2. The zero-order valence-corrected chi connectivity index (χ0v) is 13.7.